The van der Waals surface area contributed by atoms with E-state index >= 15 is 0 Å². The summed E-state index contributed by atoms with van der Waals surface area (Å²) in [4.78, 5) is 11.7. The Morgan fingerprint density at radius 1 is 1.04 bits per heavy atom. The third-order valence-electron chi connectivity index (χ3n) is 9.89. The number of nitrogens with zero attached hydrogens (tertiary/aromatic N) is 7. The van der Waals surface area contributed by atoms with Crippen molar-refractivity contribution in [1.29, 1.82) is 0 Å². The highest BCUT2D eigenvalue weighted by Crippen LogP contribution is 2.40. The molecule has 0 aromatic carbocycles. The monoisotopic (exact) mass is 697 g/mol. The largest absolute Gasteiger partial charge is 0.476 e. The summed E-state index contributed by atoms with van der Waals surface area (Å²) >= 11 is 0. The van der Waals surface area contributed by atoms with Crippen LogP contribution in [0.15, 0.2) is 35.5 Å². The minimum Gasteiger partial charge on any atom is -0.476 e. The lowest BCUT2D eigenvalue weighted by molar-refractivity contribution is -0.0556. The maximum Gasteiger partial charge on any atom is 0.297 e. The molecule has 0 radical (unpaired) electrons. The number of ether oxygens (including phenoxy) is 3. The van der Waals surface area contributed by atoms with Crippen LogP contribution in [0.4, 0.5) is 8.78 Å². The Labute approximate surface area is 284 Å². The van der Waals surface area contributed by atoms with Crippen molar-refractivity contribution in [2.45, 2.75) is 76.3 Å². The molecule has 262 valence electrons. The molecular weight excluding hydrogens is 656 g/mol. The first-order valence-corrected chi connectivity index (χ1v) is 18.2. The minimum absolute atomic E-state index is 0.0209. The number of pyridine rings is 3. The highest BCUT2D eigenvalue weighted by molar-refractivity contribution is 7.89. The molecule has 0 amide bonds. The molecule has 2 fully saturated rings. The molecule has 49 heavy (non-hydrogen) atoms. The van der Waals surface area contributed by atoms with E-state index < -0.39 is 27.9 Å². The molecule has 0 N–H and O–H groups in total. The van der Waals surface area contributed by atoms with Crippen LogP contribution in [0, 0.1) is 20.8 Å². The summed E-state index contributed by atoms with van der Waals surface area (Å²) < 4.78 is 76.8. The molecule has 4 aromatic heterocycles. The van der Waals surface area contributed by atoms with Crippen molar-refractivity contribution >= 4 is 15.7 Å². The molecule has 3 aliphatic heterocycles. The molecule has 3 aliphatic rings. The van der Waals surface area contributed by atoms with Gasteiger partial charge in [-0.1, -0.05) is 0 Å². The van der Waals surface area contributed by atoms with Crippen LogP contribution in [-0.2, 0) is 27.7 Å². The van der Waals surface area contributed by atoms with Crippen molar-refractivity contribution < 1.29 is 31.4 Å². The Hall–Kier alpha value is -3.79. The van der Waals surface area contributed by atoms with Gasteiger partial charge in [0.1, 0.15) is 17.1 Å². The van der Waals surface area contributed by atoms with Crippen LogP contribution >= 0.6 is 0 Å². The van der Waals surface area contributed by atoms with E-state index in [-0.39, 0.29) is 23.9 Å². The van der Waals surface area contributed by atoms with Crippen molar-refractivity contribution in [2.75, 3.05) is 46.0 Å². The van der Waals surface area contributed by atoms with Crippen molar-refractivity contribution in [2.24, 2.45) is 0 Å². The fourth-order valence-electron chi connectivity index (χ4n) is 6.91. The van der Waals surface area contributed by atoms with Crippen LogP contribution in [0.1, 0.15) is 71.4 Å². The van der Waals surface area contributed by atoms with Gasteiger partial charge in [-0.15, -0.1) is 10.2 Å². The molecule has 1 spiro atoms. The van der Waals surface area contributed by atoms with Crippen molar-refractivity contribution in [1.82, 2.24) is 33.8 Å². The second kappa shape index (κ2) is 13.5. The molecule has 0 aliphatic carbocycles. The molecule has 7 rings (SSSR count). The normalized spacial score (nSPS) is 19.3. The van der Waals surface area contributed by atoms with Crippen molar-refractivity contribution in [3.63, 3.8) is 0 Å². The Morgan fingerprint density at radius 3 is 2.57 bits per heavy atom. The first-order valence-electron chi connectivity index (χ1n) is 16.7. The number of aryl methyl sites for hydroxylation is 3. The first kappa shape index (κ1) is 33.7. The number of aromatic nitrogens is 5. The van der Waals surface area contributed by atoms with Gasteiger partial charge in [0.2, 0.25) is 27.6 Å². The summed E-state index contributed by atoms with van der Waals surface area (Å²) in [6.45, 7) is 10.0. The molecule has 4 aromatic rings. The summed E-state index contributed by atoms with van der Waals surface area (Å²) in [7, 11) is -4.05. The van der Waals surface area contributed by atoms with Crippen LogP contribution in [0.5, 0.6) is 11.8 Å². The Kier molecular flexibility index (Phi) is 9.28. The summed E-state index contributed by atoms with van der Waals surface area (Å²) in [5, 5.41) is 7.64. The van der Waals surface area contributed by atoms with Gasteiger partial charge in [-0.05, 0) is 87.2 Å². The van der Waals surface area contributed by atoms with E-state index in [0.717, 1.165) is 41.9 Å². The topological polar surface area (TPSA) is 124 Å². The van der Waals surface area contributed by atoms with E-state index in [4.69, 9.17) is 14.2 Å². The molecule has 0 atom stereocenters. The predicted molar refractivity (Wildman–Crippen MR) is 176 cm³/mol. The van der Waals surface area contributed by atoms with Gasteiger partial charge < -0.3 is 14.2 Å². The number of fused-ring (bicyclic) bond motifs is 2. The summed E-state index contributed by atoms with van der Waals surface area (Å²) in [5.74, 6) is 0.0368. The highest BCUT2D eigenvalue weighted by atomic mass is 32.2. The molecular formula is C34H41F2N7O5S. The Balaban J connectivity index is 1.18. The van der Waals surface area contributed by atoms with E-state index in [1.54, 1.807) is 31.5 Å². The predicted octanol–water partition coefficient (Wildman–Crippen LogP) is 4.58. The molecule has 2 saturated heterocycles. The summed E-state index contributed by atoms with van der Waals surface area (Å²) in [6, 6.07) is 5.29. The van der Waals surface area contributed by atoms with E-state index in [0.29, 0.717) is 61.9 Å². The standard InChI is InChI=1S/C34H41F2N7O5S/c1-22-16-28-33(38-32(22)47-15-12-41-9-4-5-10-41)48-34(7-13-46-14-8-34)21-42(49(28,44)45)20-26-18-27(37-19-23(26)2)17-25-6-11-43-30(24(25)3)39-40-31(43)29(35)36/h6,11,16,18-19,29H,4-5,7-10,12-15,17,20-21H2,1-3H3. The molecule has 0 unspecified atom stereocenters. The smallest absolute Gasteiger partial charge is 0.297 e. The second-order valence-corrected chi connectivity index (χ2v) is 15.2. The molecule has 7 heterocycles. The lowest BCUT2D eigenvalue weighted by Gasteiger charge is -2.38. The number of sulfonamides is 1. The zero-order valence-corrected chi connectivity index (χ0v) is 28.8. The zero-order chi connectivity index (χ0) is 34.3. The lowest BCUT2D eigenvalue weighted by atomic mass is 9.93. The third-order valence-corrected chi connectivity index (χ3v) is 11.7. The zero-order valence-electron chi connectivity index (χ0n) is 28.0. The average Bonchev–Trinajstić information content (AvgIpc) is 3.74. The SMILES string of the molecule is Cc1cnc(Cc2ccn3c(C(F)F)nnc3c2C)cc1CN1CC2(CCOCC2)Oc2nc(OCCN3CCCC3)c(C)cc2S1(=O)=O. The van der Waals surface area contributed by atoms with E-state index in [1.165, 1.54) is 21.5 Å². The van der Waals surface area contributed by atoms with Crippen LogP contribution in [-0.4, -0.2) is 93.8 Å². The molecule has 15 heteroatoms. The van der Waals surface area contributed by atoms with Gasteiger partial charge in [0.25, 0.3) is 6.43 Å². The van der Waals surface area contributed by atoms with E-state index in [9.17, 15) is 17.2 Å². The number of hydrogen-bond donors (Lipinski definition) is 0. The van der Waals surface area contributed by atoms with E-state index in [1.807, 2.05) is 19.9 Å². The number of alkyl halides is 2. The number of rotatable bonds is 9. The summed E-state index contributed by atoms with van der Waals surface area (Å²) in [6.07, 6.45) is 4.34. The van der Waals surface area contributed by atoms with Crippen LogP contribution < -0.4 is 9.47 Å². The lowest BCUT2D eigenvalue weighted by Crippen LogP contribution is -2.50. The Bertz CT molecular complexity index is 1960. The summed E-state index contributed by atoms with van der Waals surface area (Å²) in [5.41, 5.74) is 4.09. The maximum atomic E-state index is 14.5. The second-order valence-electron chi connectivity index (χ2n) is 13.3. The highest BCUT2D eigenvalue weighted by Gasteiger charge is 2.46. The maximum absolute atomic E-state index is 14.5. The molecule has 0 bridgehead atoms. The van der Waals surface area contributed by atoms with Crippen molar-refractivity contribution in [3.05, 3.63) is 69.9 Å². The molecule has 12 nitrogen and oxygen atoms in total. The Morgan fingerprint density at radius 2 is 1.82 bits per heavy atom. The van der Waals surface area contributed by atoms with Gasteiger partial charge in [-0.2, -0.15) is 9.29 Å². The van der Waals surface area contributed by atoms with Crippen LogP contribution in [0.3, 0.4) is 0 Å². The fourth-order valence-corrected chi connectivity index (χ4v) is 8.54. The van der Waals surface area contributed by atoms with Gasteiger partial charge in [0, 0.05) is 56.0 Å². The van der Waals surface area contributed by atoms with Crippen LogP contribution in [0.25, 0.3) is 5.65 Å². The van der Waals surface area contributed by atoms with Gasteiger partial charge in [-0.3, -0.25) is 14.3 Å². The van der Waals surface area contributed by atoms with E-state index in [2.05, 4.69) is 25.1 Å². The average molecular weight is 698 g/mol. The number of hydrogen-bond acceptors (Lipinski definition) is 10. The van der Waals surface area contributed by atoms with Gasteiger partial charge in [0.15, 0.2) is 5.65 Å². The van der Waals surface area contributed by atoms with Crippen molar-refractivity contribution in [3.8, 4) is 11.8 Å². The fraction of sp³-hybridized carbons (Fsp3) is 0.529. The quantitative estimate of drug-likeness (QED) is 0.246. The van der Waals surface area contributed by atoms with Gasteiger partial charge >= 0.3 is 0 Å². The number of likely N-dealkylation sites (tertiary alicyclic amines) is 1. The molecule has 0 saturated carbocycles. The first-order chi connectivity index (χ1) is 23.5. The van der Waals surface area contributed by atoms with Gasteiger partial charge in [0.05, 0.1) is 19.8 Å². The van der Waals surface area contributed by atoms with Gasteiger partial charge in [-0.25, -0.2) is 17.2 Å². The third kappa shape index (κ3) is 6.73. The van der Waals surface area contributed by atoms with Crippen LogP contribution in [0.2, 0.25) is 0 Å². The minimum atomic E-state index is -4.05. The number of halogens is 2.